The Morgan fingerprint density at radius 1 is 1.35 bits per heavy atom. The molecule has 0 amide bonds. The molecule has 1 aromatic rings. The van der Waals surface area contributed by atoms with E-state index < -0.39 is 0 Å². The minimum atomic E-state index is -0.253. The Bertz CT molecular complexity index is 389. The third kappa shape index (κ3) is 3.54. The molecule has 0 spiro atoms. The second-order valence-corrected chi connectivity index (χ2v) is 5.09. The normalized spacial score (nSPS) is 17.0. The lowest BCUT2D eigenvalue weighted by molar-refractivity contribution is -0.123. The van der Waals surface area contributed by atoms with Gasteiger partial charge in [0.05, 0.1) is 5.75 Å². The summed E-state index contributed by atoms with van der Waals surface area (Å²) in [5.41, 5.74) is 0. The largest absolute Gasteiger partial charge is 0.381 e. The van der Waals surface area contributed by atoms with Crippen molar-refractivity contribution < 1.29 is 13.9 Å². The predicted molar refractivity (Wildman–Crippen MR) is 65.7 cm³/mol. The van der Waals surface area contributed by atoms with Crippen LogP contribution in [0.5, 0.6) is 0 Å². The van der Waals surface area contributed by atoms with Gasteiger partial charge in [0.2, 0.25) is 0 Å². The highest BCUT2D eigenvalue weighted by Gasteiger charge is 2.21. The number of thioether (sulfide) groups is 1. The van der Waals surface area contributed by atoms with Crippen LogP contribution in [0.25, 0.3) is 0 Å². The highest BCUT2D eigenvalue weighted by molar-refractivity contribution is 8.00. The first kappa shape index (κ1) is 12.6. The van der Waals surface area contributed by atoms with E-state index in [9.17, 15) is 9.18 Å². The molecular formula is C13H15FO2S. The van der Waals surface area contributed by atoms with Crippen molar-refractivity contribution in [1.29, 1.82) is 0 Å². The number of ether oxygens (including phenoxy) is 1. The van der Waals surface area contributed by atoms with Gasteiger partial charge in [0.1, 0.15) is 11.6 Å². The van der Waals surface area contributed by atoms with Gasteiger partial charge in [0.15, 0.2) is 0 Å². The van der Waals surface area contributed by atoms with E-state index in [0.29, 0.717) is 23.9 Å². The van der Waals surface area contributed by atoms with Crippen LogP contribution in [0.1, 0.15) is 12.8 Å². The van der Waals surface area contributed by atoms with Crippen molar-refractivity contribution in [2.45, 2.75) is 17.7 Å². The van der Waals surface area contributed by atoms with Gasteiger partial charge in [-0.25, -0.2) is 4.39 Å². The van der Waals surface area contributed by atoms with E-state index in [2.05, 4.69) is 0 Å². The van der Waals surface area contributed by atoms with Gasteiger partial charge in [-0.3, -0.25) is 4.79 Å². The number of halogens is 1. The van der Waals surface area contributed by atoms with Crippen LogP contribution < -0.4 is 0 Å². The number of Topliss-reactive ketones (excluding diaryl/α,β-unsaturated/α-hetero) is 1. The zero-order valence-electron chi connectivity index (χ0n) is 9.52. The number of benzene rings is 1. The highest BCUT2D eigenvalue weighted by atomic mass is 32.2. The Balaban J connectivity index is 1.85. The third-order valence-electron chi connectivity index (χ3n) is 2.88. The monoisotopic (exact) mass is 254 g/mol. The molecule has 1 aromatic carbocycles. The summed E-state index contributed by atoms with van der Waals surface area (Å²) in [6, 6.07) is 6.56. The van der Waals surface area contributed by atoms with Gasteiger partial charge in [0, 0.05) is 24.0 Å². The van der Waals surface area contributed by atoms with E-state index in [1.165, 1.54) is 17.8 Å². The summed E-state index contributed by atoms with van der Waals surface area (Å²) in [6.07, 6.45) is 1.60. The summed E-state index contributed by atoms with van der Waals surface area (Å²) in [4.78, 5) is 12.4. The summed E-state index contributed by atoms with van der Waals surface area (Å²) in [5.74, 6) is 0.410. The van der Waals surface area contributed by atoms with Gasteiger partial charge < -0.3 is 4.74 Å². The zero-order chi connectivity index (χ0) is 12.1. The molecule has 92 valence electrons. The van der Waals surface area contributed by atoms with Crippen LogP contribution in [-0.2, 0) is 9.53 Å². The van der Waals surface area contributed by atoms with Crippen LogP contribution in [0.2, 0.25) is 0 Å². The maximum Gasteiger partial charge on any atom is 0.146 e. The van der Waals surface area contributed by atoms with Crippen LogP contribution in [0, 0.1) is 11.7 Å². The van der Waals surface area contributed by atoms with Crippen molar-refractivity contribution in [1.82, 2.24) is 0 Å². The number of ketones is 1. The molecule has 17 heavy (non-hydrogen) atoms. The number of rotatable bonds is 4. The number of hydrogen-bond donors (Lipinski definition) is 0. The van der Waals surface area contributed by atoms with Gasteiger partial charge in [0.25, 0.3) is 0 Å². The first-order chi connectivity index (χ1) is 8.27. The highest BCUT2D eigenvalue weighted by Crippen LogP contribution is 2.24. The van der Waals surface area contributed by atoms with Crippen molar-refractivity contribution in [2.75, 3.05) is 19.0 Å². The molecule has 0 atom stereocenters. The third-order valence-corrected chi connectivity index (χ3v) is 3.95. The lowest BCUT2D eigenvalue weighted by Crippen LogP contribution is -2.24. The molecular weight excluding hydrogens is 239 g/mol. The fourth-order valence-corrected chi connectivity index (χ4v) is 2.76. The summed E-state index contributed by atoms with van der Waals surface area (Å²) in [5, 5.41) is 0. The van der Waals surface area contributed by atoms with E-state index in [1.54, 1.807) is 18.2 Å². The maximum absolute atomic E-state index is 13.3. The molecule has 0 aliphatic carbocycles. The van der Waals surface area contributed by atoms with Crippen LogP contribution in [0.3, 0.4) is 0 Å². The molecule has 1 fully saturated rings. The Labute approximate surface area is 105 Å². The molecule has 0 unspecified atom stereocenters. The molecule has 0 radical (unpaired) electrons. The number of carbonyl (C=O) groups excluding carboxylic acids is 1. The summed E-state index contributed by atoms with van der Waals surface area (Å²) in [7, 11) is 0. The Hall–Kier alpha value is -0.870. The number of carbonyl (C=O) groups is 1. The second kappa shape index (κ2) is 6.17. The van der Waals surface area contributed by atoms with E-state index in [-0.39, 0.29) is 17.5 Å². The van der Waals surface area contributed by atoms with Crippen LogP contribution in [0.4, 0.5) is 4.39 Å². The SMILES string of the molecule is O=C(CSc1ccccc1F)C1CCOCC1. The first-order valence-electron chi connectivity index (χ1n) is 5.75. The molecule has 1 heterocycles. The number of hydrogen-bond acceptors (Lipinski definition) is 3. The predicted octanol–water partition coefficient (Wildman–Crippen LogP) is 2.91. The average Bonchev–Trinajstić information content (AvgIpc) is 2.38. The fraction of sp³-hybridized carbons (Fsp3) is 0.462. The molecule has 0 saturated carbocycles. The molecule has 4 heteroatoms. The molecule has 2 nitrogen and oxygen atoms in total. The fourth-order valence-electron chi connectivity index (χ4n) is 1.85. The van der Waals surface area contributed by atoms with E-state index >= 15 is 0 Å². The van der Waals surface area contributed by atoms with Crippen molar-refractivity contribution in [3.63, 3.8) is 0 Å². The van der Waals surface area contributed by atoms with Gasteiger partial charge in [-0.1, -0.05) is 12.1 Å². The smallest absolute Gasteiger partial charge is 0.146 e. The van der Waals surface area contributed by atoms with Crippen molar-refractivity contribution in [3.8, 4) is 0 Å². The Morgan fingerprint density at radius 2 is 2.06 bits per heavy atom. The molecule has 1 aliphatic rings. The molecule has 0 N–H and O–H groups in total. The van der Waals surface area contributed by atoms with Crippen LogP contribution in [0.15, 0.2) is 29.2 Å². The molecule has 1 saturated heterocycles. The van der Waals surface area contributed by atoms with E-state index in [4.69, 9.17) is 4.74 Å². The minimum Gasteiger partial charge on any atom is -0.381 e. The van der Waals surface area contributed by atoms with E-state index in [1.807, 2.05) is 0 Å². The standard InChI is InChI=1S/C13H15FO2S/c14-11-3-1-2-4-13(11)17-9-12(15)10-5-7-16-8-6-10/h1-4,10H,5-9H2. The minimum absolute atomic E-state index is 0.100. The lowest BCUT2D eigenvalue weighted by Gasteiger charge is -2.20. The Morgan fingerprint density at radius 3 is 2.76 bits per heavy atom. The van der Waals surface area contributed by atoms with Gasteiger partial charge in [-0.05, 0) is 25.0 Å². The zero-order valence-corrected chi connectivity index (χ0v) is 10.3. The average molecular weight is 254 g/mol. The van der Waals surface area contributed by atoms with Crippen molar-refractivity contribution in [2.24, 2.45) is 5.92 Å². The first-order valence-corrected chi connectivity index (χ1v) is 6.73. The lowest BCUT2D eigenvalue weighted by atomic mass is 9.96. The quantitative estimate of drug-likeness (QED) is 0.773. The summed E-state index contributed by atoms with van der Waals surface area (Å²) < 4.78 is 18.5. The van der Waals surface area contributed by atoms with Gasteiger partial charge in [-0.15, -0.1) is 11.8 Å². The van der Waals surface area contributed by atoms with Crippen LogP contribution >= 0.6 is 11.8 Å². The topological polar surface area (TPSA) is 26.3 Å². The Kier molecular flexibility index (Phi) is 4.57. The molecule has 0 bridgehead atoms. The summed E-state index contributed by atoms with van der Waals surface area (Å²) in [6.45, 7) is 1.33. The second-order valence-electron chi connectivity index (χ2n) is 4.07. The van der Waals surface area contributed by atoms with Crippen molar-refractivity contribution >= 4 is 17.5 Å². The van der Waals surface area contributed by atoms with Crippen LogP contribution in [-0.4, -0.2) is 24.7 Å². The molecule has 1 aliphatic heterocycles. The van der Waals surface area contributed by atoms with Gasteiger partial charge in [-0.2, -0.15) is 0 Å². The molecule has 0 aromatic heterocycles. The molecule has 2 rings (SSSR count). The summed E-state index contributed by atoms with van der Waals surface area (Å²) >= 11 is 1.28. The van der Waals surface area contributed by atoms with Crippen molar-refractivity contribution in [3.05, 3.63) is 30.1 Å². The van der Waals surface area contributed by atoms with Gasteiger partial charge >= 0.3 is 0 Å². The maximum atomic E-state index is 13.3. The van der Waals surface area contributed by atoms with E-state index in [0.717, 1.165) is 12.8 Å².